The van der Waals surface area contributed by atoms with E-state index >= 15 is 0 Å². The molecular weight excluding hydrogens is 433 g/mol. The first kappa shape index (κ1) is 22.8. The van der Waals surface area contributed by atoms with E-state index < -0.39 is 21.4 Å². The number of fused-ring (bicyclic) bond motifs is 1. The first-order valence-corrected chi connectivity index (χ1v) is 12.5. The third kappa shape index (κ3) is 4.39. The standard InChI is InChI=1S/C22H28FN5O3S/c1-27(2)21(29)22(12-18(26-32(3,30)31)19-8-5-9-28(19)22)11-15-6-4-7-16(10-15)20-24-13-17(23)14-25-20/h4,6-7,10,13-14,18-19,26H,5,8-9,11-12H2,1-3H3/t18-,19+,22+/m1/s1. The van der Waals surface area contributed by atoms with Crippen LogP contribution in [0.5, 0.6) is 0 Å². The summed E-state index contributed by atoms with van der Waals surface area (Å²) >= 11 is 0. The average Bonchev–Trinajstić information content (AvgIpc) is 3.31. The second-order valence-electron chi connectivity index (χ2n) is 8.94. The van der Waals surface area contributed by atoms with E-state index in [0.717, 1.165) is 49.2 Å². The van der Waals surface area contributed by atoms with E-state index in [1.54, 1.807) is 19.0 Å². The molecule has 4 rings (SSSR count). The maximum absolute atomic E-state index is 13.6. The Balaban J connectivity index is 1.71. The first-order valence-electron chi connectivity index (χ1n) is 10.6. The Kier molecular flexibility index (Phi) is 6.04. The quantitative estimate of drug-likeness (QED) is 0.700. The topological polar surface area (TPSA) is 95.5 Å². The predicted octanol–water partition coefficient (Wildman–Crippen LogP) is 1.44. The molecule has 3 atom stereocenters. The van der Waals surface area contributed by atoms with Gasteiger partial charge in [0.1, 0.15) is 5.54 Å². The summed E-state index contributed by atoms with van der Waals surface area (Å²) in [5.74, 6) is -0.134. The van der Waals surface area contributed by atoms with Crippen LogP contribution in [0.15, 0.2) is 36.7 Å². The van der Waals surface area contributed by atoms with E-state index in [4.69, 9.17) is 0 Å². The molecule has 0 saturated carbocycles. The number of halogens is 1. The predicted molar refractivity (Wildman–Crippen MR) is 119 cm³/mol. The van der Waals surface area contributed by atoms with Crippen molar-refractivity contribution in [2.24, 2.45) is 0 Å². The molecule has 172 valence electrons. The minimum atomic E-state index is -3.41. The highest BCUT2D eigenvalue weighted by atomic mass is 32.2. The number of aromatic nitrogens is 2. The zero-order valence-electron chi connectivity index (χ0n) is 18.5. The van der Waals surface area contributed by atoms with Crippen molar-refractivity contribution in [2.45, 2.75) is 43.3 Å². The van der Waals surface area contributed by atoms with Gasteiger partial charge < -0.3 is 4.90 Å². The van der Waals surface area contributed by atoms with E-state index in [2.05, 4.69) is 19.6 Å². The summed E-state index contributed by atoms with van der Waals surface area (Å²) < 4.78 is 40.0. The molecular formula is C22H28FN5O3S. The normalized spacial score (nSPS) is 25.6. The maximum Gasteiger partial charge on any atom is 0.242 e. The molecule has 32 heavy (non-hydrogen) atoms. The summed E-state index contributed by atoms with van der Waals surface area (Å²) in [7, 11) is 0.0526. The van der Waals surface area contributed by atoms with E-state index in [1.165, 1.54) is 0 Å². The van der Waals surface area contributed by atoms with Gasteiger partial charge in [-0.2, -0.15) is 0 Å². The van der Waals surface area contributed by atoms with E-state index in [1.807, 2.05) is 24.3 Å². The molecule has 0 unspecified atom stereocenters. The van der Waals surface area contributed by atoms with Crippen LogP contribution in [0.25, 0.3) is 11.4 Å². The van der Waals surface area contributed by atoms with Gasteiger partial charge in [0, 0.05) is 31.7 Å². The fourth-order valence-corrected chi connectivity index (χ4v) is 6.04. The number of amides is 1. The lowest BCUT2D eigenvalue weighted by atomic mass is 9.85. The summed E-state index contributed by atoms with van der Waals surface area (Å²) in [6, 6.07) is 7.24. The second-order valence-corrected chi connectivity index (χ2v) is 10.7. The number of hydrogen-bond donors (Lipinski definition) is 1. The van der Waals surface area contributed by atoms with Gasteiger partial charge in [0.25, 0.3) is 0 Å². The lowest BCUT2D eigenvalue weighted by Crippen LogP contribution is -2.57. The lowest BCUT2D eigenvalue weighted by molar-refractivity contribution is -0.140. The van der Waals surface area contributed by atoms with E-state index in [-0.39, 0.29) is 18.0 Å². The Morgan fingerprint density at radius 1 is 1.31 bits per heavy atom. The molecule has 1 aromatic heterocycles. The Morgan fingerprint density at radius 3 is 2.69 bits per heavy atom. The highest BCUT2D eigenvalue weighted by Gasteiger charge is 2.58. The van der Waals surface area contributed by atoms with Crippen LogP contribution < -0.4 is 4.72 Å². The van der Waals surface area contributed by atoms with Gasteiger partial charge in [-0.05, 0) is 43.9 Å². The van der Waals surface area contributed by atoms with Crippen molar-refractivity contribution in [1.82, 2.24) is 24.5 Å². The van der Waals surface area contributed by atoms with Crippen molar-refractivity contribution >= 4 is 15.9 Å². The molecule has 0 bridgehead atoms. The monoisotopic (exact) mass is 461 g/mol. The Labute approximate surface area is 187 Å². The zero-order chi connectivity index (χ0) is 23.1. The van der Waals surface area contributed by atoms with Gasteiger partial charge in [-0.15, -0.1) is 0 Å². The Bertz CT molecular complexity index is 1110. The molecule has 1 N–H and O–H groups in total. The van der Waals surface area contributed by atoms with Crippen LogP contribution in [-0.4, -0.2) is 78.6 Å². The molecule has 2 fully saturated rings. The van der Waals surface area contributed by atoms with Crippen LogP contribution >= 0.6 is 0 Å². The molecule has 2 aliphatic heterocycles. The molecule has 0 spiro atoms. The maximum atomic E-state index is 13.6. The SMILES string of the molecule is CN(C)C(=O)[C@]1(Cc2cccc(-c3ncc(F)cn3)c2)C[C@@H](NS(C)(=O)=O)[C@@H]2CCCN21. The molecule has 10 heteroatoms. The Morgan fingerprint density at radius 2 is 2.03 bits per heavy atom. The minimum absolute atomic E-state index is 0.0164. The third-order valence-electron chi connectivity index (χ3n) is 6.34. The zero-order valence-corrected chi connectivity index (χ0v) is 19.3. The van der Waals surface area contributed by atoms with Gasteiger partial charge in [-0.25, -0.2) is 27.5 Å². The molecule has 1 amide bonds. The lowest BCUT2D eigenvalue weighted by Gasteiger charge is -2.39. The summed E-state index contributed by atoms with van der Waals surface area (Å²) in [6.07, 6.45) is 6.00. The summed E-state index contributed by atoms with van der Waals surface area (Å²) in [5.41, 5.74) is 0.794. The van der Waals surface area contributed by atoms with Crippen LogP contribution in [0.2, 0.25) is 0 Å². The second kappa shape index (κ2) is 8.49. The number of rotatable bonds is 6. The van der Waals surface area contributed by atoms with Crippen molar-refractivity contribution in [3.63, 3.8) is 0 Å². The number of hydrogen-bond acceptors (Lipinski definition) is 6. The molecule has 1 aromatic carbocycles. The van der Waals surface area contributed by atoms with Gasteiger partial charge in [-0.1, -0.05) is 18.2 Å². The number of carbonyl (C=O) groups is 1. The highest BCUT2D eigenvalue weighted by molar-refractivity contribution is 7.88. The van der Waals surface area contributed by atoms with Crippen LogP contribution in [0.3, 0.4) is 0 Å². The largest absolute Gasteiger partial charge is 0.347 e. The summed E-state index contributed by atoms with van der Waals surface area (Å²) in [6.45, 7) is 0.743. The van der Waals surface area contributed by atoms with Gasteiger partial charge >= 0.3 is 0 Å². The average molecular weight is 462 g/mol. The number of carbonyl (C=O) groups excluding carboxylic acids is 1. The third-order valence-corrected chi connectivity index (χ3v) is 7.07. The summed E-state index contributed by atoms with van der Waals surface area (Å²) in [4.78, 5) is 25.5. The van der Waals surface area contributed by atoms with Crippen molar-refractivity contribution < 1.29 is 17.6 Å². The van der Waals surface area contributed by atoms with Gasteiger partial charge in [0.05, 0.1) is 18.6 Å². The number of nitrogens with one attached hydrogen (secondary N) is 1. The smallest absolute Gasteiger partial charge is 0.242 e. The molecule has 8 nitrogen and oxygen atoms in total. The van der Waals surface area contributed by atoms with Crippen LogP contribution in [0.4, 0.5) is 4.39 Å². The molecule has 2 saturated heterocycles. The fourth-order valence-electron chi connectivity index (χ4n) is 5.25. The Hall–Kier alpha value is -2.43. The molecule has 0 radical (unpaired) electrons. The minimum Gasteiger partial charge on any atom is -0.347 e. The molecule has 0 aliphatic carbocycles. The number of sulfonamides is 1. The first-order chi connectivity index (χ1) is 15.1. The van der Waals surface area contributed by atoms with Crippen molar-refractivity contribution in [3.05, 3.63) is 48.0 Å². The fraction of sp³-hybridized carbons (Fsp3) is 0.500. The van der Waals surface area contributed by atoms with Crippen LogP contribution in [0, 0.1) is 5.82 Å². The van der Waals surface area contributed by atoms with Crippen molar-refractivity contribution in [3.8, 4) is 11.4 Å². The molecule has 2 aliphatic rings. The van der Waals surface area contributed by atoms with E-state index in [0.29, 0.717) is 18.7 Å². The number of nitrogens with zero attached hydrogens (tertiary/aromatic N) is 4. The number of likely N-dealkylation sites (N-methyl/N-ethyl adjacent to an activating group) is 1. The highest BCUT2D eigenvalue weighted by Crippen LogP contribution is 2.43. The number of benzene rings is 1. The van der Waals surface area contributed by atoms with Crippen LogP contribution in [0.1, 0.15) is 24.8 Å². The van der Waals surface area contributed by atoms with E-state index in [9.17, 15) is 17.6 Å². The molecule has 2 aromatic rings. The van der Waals surface area contributed by atoms with Crippen molar-refractivity contribution in [2.75, 3.05) is 26.9 Å². The molecule has 3 heterocycles. The van der Waals surface area contributed by atoms with Gasteiger partial charge in [-0.3, -0.25) is 9.69 Å². The summed E-state index contributed by atoms with van der Waals surface area (Å²) in [5, 5.41) is 0. The van der Waals surface area contributed by atoms with Crippen LogP contribution in [-0.2, 0) is 21.2 Å². The van der Waals surface area contributed by atoms with Gasteiger partial charge in [0.2, 0.25) is 15.9 Å². The van der Waals surface area contributed by atoms with Crippen molar-refractivity contribution in [1.29, 1.82) is 0 Å². The van der Waals surface area contributed by atoms with Gasteiger partial charge in [0.15, 0.2) is 11.6 Å².